The molecule has 4 unspecified atom stereocenters. The van der Waals surface area contributed by atoms with E-state index in [0.717, 1.165) is 24.8 Å². The molecule has 0 aromatic rings. The van der Waals surface area contributed by atoms with E-state index in [1.165, 1.54) is 38.5 Å². The zero-order valence-corrected chi connectivity index (χ0v) is 9.91. The Bertz CT molecular complexity index is 195. The molecule has 88 valence electrons. The van der Waals surface area contributed by atoms with Gasteiger partial charge in [-0.1, -0.05) is 13.3 Å². The van der Waals surface area contributed by atoms with Gasteiger partial charge in [-0.2, -0.15) is 0 Å². The predicted octanol–water partition coefficient (Wildman–Crippen LogP) is 2.46. The van der Waals surface area contributed by atoms with Crippen LogP contribution >= 0.6 is 0 Å². The summed E-state index contributed by atoms with van der Waals surface area (Å²) in [6, 6.07) is 1.33. The molecule has 2 N–H and O–H groups in total. The Labute approximate surface area is 93.5 Å². The van der Waals surface area contributed by atoms with Gasteiger partial charge in [-0.05, 0) is 50.9 Å². The highest BCUT2D eigenvalue weighted by atomic mass is 16.3. The Morgan fingerprint density at radius 2 is 1.87 bits per heavy atom. The second-order valence-electron chi connectivity index (χ2n) is 5.47. The molecule has 2 saturated carbocycles. The first kappa shape index (κ1) is 11.4. The van der Waals surface area contributed by atoms with Crippen molar-refractivity contribution in [3.63, 3.8) is 0 Å². The molecule has 0 radical (unpaired) electrons. The third-order valence-corrected chi connectivity index (χ3v) is 4.24. The first-order valence-corrected chi connectivity index (χ1v) is 6.72. The van der Waals surface area contributed by atoms with Gasteiger partial charge in [-0.25, -0.2) is 0 Å². The molecule has 2 heteroatoms. The molecule has 0 heterocycles. The number of hydrogen-bond acceptors (Lipinski definition) is 2. The van der Waals surface area contributed by atoms with Crippen molar-refractivity contribution < 1.29 is 5.11 Å². The monoisotopic (exact) mass is 211 g/mol. The maximum Gasteiger partial charge on any atom is 0.0555 e. The van der Waals surface area contributed by atoms with Gasteiger partial charge in [-0.3, -0.25) is 0 Å². The molecule has 2 nitrogen and oxygen atoms in total. The highest BCUT2D eigenvalue weighted by Crippen LogP contribution is 2.29. The molecule has 0 aromatic carbocycles. The van der Waals surface area contributed by atoms with Crippen molar-refractivity contribution in [1.29, 1.82) is 0 Å². The topological polar surface area (TPSA) is 32.3 Å². The van der Waals surface area contributed by atoms with Gasteiger partial charge in [-0.15, -0.1) is 0 Å². The summed E-state index contributed by atoms with van der Waals surface area (Å²) in [5, 5.41) is 13.4. The molecular formula is C13H25NO. The SMILES string of the molecule is CCC1CCC(NC2CCCC(O)C2)C1. The van der Waals surface area contributed by atoms with Crippen LogP contribution in [0.5, 0.6) is 0 Å². The minimum Gasteiger partial charge on any atom is -0.393 e. The minimum atomic E-state index is -0.0420. The lowest BCUT2D eigenvalue weighted by Crippen LogP contribution is -2.41. The van der Waals surface area contributed by atoms with Gasteiger partial charge in [0.25, 0.3) is 0 Å². The van der Waals surface area contributed by atoms with Gasteiger partial charge < -0.3 is 10.4 Å². The van der Waals surface area contributed by atoms with Crippen LogP contribution in [-0.2, 0) is 0 Å². The molecule has 0 aliphatic heterocycles. The van der Waals surface area contributed by atoms with E-state index < -0.39 is 0 Å². The predicted molar refractivity (Wildman–Crippen MR) is 62.8 cm³/mol. The van der Waals surface area contributed by atoms with Gasteiger partial charge >= 0.3 is 0 Å². The van der Waals surface area contributed by atoms with E-state index in [-0.39, 0.29) is 6.10 Å². The van der Waals surface area contributed by atoms with Crippen molar-refractivity contribution in [1.82, 2.24) is 5.32 Å². The van der Waals surface area contributed by atoms with Crippen LogP contribution in [0.15, 0.2) is 0 Å². The summed E-state index contributed by atoms with van der Waals surface area (Å²) in [4.78, 5) is 0. The van der Waals surface area contributed by atoms with Crippen LogP contribution in [0, 0.1) is 5.92 Å². The van der Waals surface area contributed by atoms with Gasteiger partial charge in [0.1, 0.15) is 0 Å². The maximum atomic E-state index is 9.61. The molecule has 15 heavy (non-hydrogen) atoms. The second kappa shape index (κ2) is 5.31. The average molecular weight is 211 g/mol. The molecule has 0 aromatic heterocycles. The molecule has 0 saturated heterocycles. The normalized spacial score (nSPS) is 42.0. The highest BCUT2D eigenvalue weighted by Gasteiger charge is 2.27. The molecule has 4 atom stereocenters. The van der Waals surface area contributed by atoms with Gasteiger partial charge in [0.05, 0.1) is 6.10 Å². The summed E-state index contributed by atoms with van der Waals surface area (Å²) in [5.41, 5.74) is 0. The van der Waals surface area contributed by atoms with Crippen LogP contribution < -0.4 is 5.32 Å². The number of aliphatic hydroxyl groups is 1. The fourth-order valence-corrected chi connectivity index (χ4v) is 3.25. The summed E-state index contributed by atoms with van der Waals surface area (Å²) in [7, 11) is 0. The summed E-state index contributed by atoms with van der Waals surface area (Å²) < 4.78 is 0. The van der Waals surface area contributed by atoms with E-state index in [1.54, 1.807) is 0 Å². The van der Waals surface area contributed by atoms with Crippen LogP contribution in [0.2, 0.25) is 0 Å². The fourth-order valence-electron chi connectivity index (χ4n) is 3.25. The van der Waals surface area contributed by atoms with E-state index in [9.17, 15) is 5.11 Å². The van der Waals surface area contributed by atoms with Crippen LogP contribution in [-0.4, -0.2) is 23.3 Å². The smallest absolute Gasteiger partial charge is 0.0555 e. The average Bonchev–Trinajstić information content (AvgIpc) is 2.65. The van der Waals surface area contributed by atoms with E-state index in [2.05, 4.69) is 12.2 Å². The largest absolute Gasteiger partial charge is 0.393 e. The van der Waals surface area contributed by atoms with Gasteiger partial charge in [0.15, 0.2) is 0 Å². The molecule has 0 bridgehead atoms. The summed E-state index contributed by atoms with van der Waals surface area (Å²) in [5.74, 6) is 0.955. The first-order valence-electron chi connectivity index (χ1n) is 6.72. The molecule has 2 aliphatic rings. The van der Waals surface area contributed by atoms with E-state index in [1.807, 2.05) is 0 Å². The van der Waals surface area contributed by atoms with E-state index in [0.29, 0.717) is 6.04 Å². The quantitative estimate of drug-likeness (QED) is 0.751. The zero-order chi connectivity index (χ0) is 10.7. The van der Waals surface area contributed by atoms with Crippen LogP contribution in [0.4, 0.5) is 0 Å². The lowest BCUT2D eigenvalue weighted by molar-refractivity contribution is 0.108. The number of nitrogens with one attached hydrogen (secondary N) is 1. The maximum absolute atomic E-state index is 9.61. The van der Waals surface area contributed by atoms with Crippen LogP contribution in [0.25, 0.3) is 0 Å². The van der Waals surface area contributed by atoms with Gasteiger partial charge in [0.2, 0.25) is 0 Å². The molecular weight excluding hydrogens is 186 g/mol. The third kappa shape index (κ3) is 3.18. The summed E-state index contributed by atoms with van der Waals surface area (Å²) in [6.45, 7) is 2.30. The van der Waals surface area contributed by atoms with Crippen molar-refractivity contribution in [2.45, 2.75) is 76.5 Å². The lowest BCUT2D eigenvalue weighted by Gasteiger charge is -2.29. The Morgan fingerprint density at radius 1 is 1.07 bits per heavy atom. The molecule has 2 fully saturated rings. The summed E-state index contributed by atoms with van der Waals surface area (Å²) in [6.07, 6.45) is 9.88. The highest BCUT2D eigenvalue weighted by molar-refractivity contribution is 4.85. The van der Waals surface area contributed by atoms with Crippen LogP contribution in [0.1, 0.15) is 58.3 Å². The van der Waals surface area contributed by atoms with Crippen molar-refractivity contribution in [2.24, 2.45) is 5.92 Å². The van der Waals surface area contributed by atoms with Crippen molar-refractivity contribution in [3.8, 4) is 0 Å². The number of aliphatic hydroxyl groups excluding tert-OH is 1. The Hall–Kier alpha value is -0.0800. The molecule has 0 amide bonds. The Kier molecular flexibility index (Phi) is 4.04. The molecule has 2 aliphatic carbocycles. The van der Waals surface area contributed by atoms with Crippen molar-refractivity contribution in [2.75, 3.05) is 0 Å². The zero-order valence-electron chi connectivity index (χ0n) is 9.91. The standard InChI is InChI=1S/C13H25NO/c1-2-10-6-7-12(8-10)14-11-4-3-5-13(15)9-11/h10-15H,2-9H2,1H3. The minimum absolute atomic E-state index is 0.0420. The lowest BCUT2D eigenvalue weighted by atomic mass is 9.92. The van der Waals surface area contributed by atoms with Gasteiger partial charge in [0, 0.05) is 12.1 Å². The van der Waals surface area contributed by atoms with E-state index >= 15 is 0 Å². The van der Waals surface area contributed by atoms with Crippen LogP contribution in [0.3, 0.4) is 0 Å². The second-order valence-corrected chi connectivity index (χ2v) is 5.47. The molecule has 0 spiro atoms. The Balaban J connectivity index is 1.72. The third-order valence-electron chi connectivity index (χ3n) is 4.24. The fraction of sp³-hybridized carbons (Fsp3) is 1.00. The number of hydrogen-bond donors (Lipinski definition) is 2. The number of rotatable bonds is 3. The van der Waals surface area contributed by atoms with E-state index in [4.69, 9.17) is 0 Å². The first-order chi connectivity index (χ1) is 7.28. The van der Waals surface area contributed by atoms with Crippen molar-refractivity contribution in [3.05, 3.63) is 0 Å². The molecule has 2 rings (SSSR count). The van der Waals surface area contributed by atoms with Crippen molar-refractivity contribution >= 4 is 0 Å². The summed E-state index contributed by atoms with van der Waals surface area (Å²) >= 11 is 0. The Morgan fingerprint density at radius 3 is 2.53 bits per heavy atom.